The number of benzene rings is 1. The number of rotatable bonds is 5. The lowest BCUT2D eigenvalue weighted by Gasteiger charge is -2.18. The standard InChI is InChI=1S/C19H23N7O/c1-3-26-16(9-10-20-26)19(27)21-15-12-25(2)11-14(15)18-22-17(23-24-18)13-7-5-4-6-8-13/h4-10,14-15H,3,11-12H2,1-2H3,(H,21,27)(H,22,23,24)/t14-,15-/m1/s1. The maximum Gasteiger partial charge on any atom is 0.269 e. The fourth-order valence-electron chi connectivity index (χ4n) is 3.60. The van der Waals surface area contributed by atoms with Crippen molar-refractivity contribution in [2.75, 3.05) is 20.1 Å². The van der Waals surface area contributed by atoms with Gasteiger partial charge < -0.3 is 10.2 Å². The first-order chi connectivity index (χ1) is 13.2. The lowest BCUT2D eigenvalue weighted by molar-refractivity contribution is 0.0924. The Kier molecular flexibility index (Phi) is 4.72. The molecule has 2 N–H and O–H groups in total. The number of amides is 1. The Balaban J connectivity index is 1.53. The van der Waals surface area contributed by atoms with Gasteiger partial charge in [-0.25, -0.2) is 4.98 Å². The molecular weight excluding hydrogens is 342 g/mol. The molecule has 1 aliphatic rings. The highest BCUT2D eigenvalue weighted by Gasteiger charge is 2.36. The summed E-state index contributed by atoms with van der Waals surface area (Å²) in [4.78, 5) is 19.6. The van der Waals surface area contributed by atoms with Gasteiger partial charge in [-0.15, -0.1) is 0 Å². The summed E-state index contributed by atoms with van der Waals surface area (Å²) in [6, 6.07) is 11.6. The van der Waals surface area contributed by atoms with Crippen LogP contribution in [0.5, 0.6) is 0 Å². The topological polar surface area (TPSA) is 91.7 Å². The summed E-state index contributed by atoms with van der Waals surface area (Å²) in [7, 11) is 2.05. The molecule has 8 heteroatoms. The van der Waals surface area contributed by atoms with Crippen molar-refractivity contribution in [3.63, 3.8) is 0 Å². The van der Waals surface area contributed by atoms with E-state index in [9.17, 15) is 4.79 Å². The number of likely N-dealkylation sites (N-methyl/N-ethyl adjacent to an activating group) is 1. The van der Waals surface area contributed by atoms with Crippen molar-refractivity contribution in [2.24, 2.45) is 0 Å². The first kappa shape index (κ1) is 17.4. The number of nitrogens with zero attached hydrogens (tertiary/aromatic N) is 5. The highest BCUT2D eigenvalue weighted by atomic mass is 16.2. The van der Waals surface area contributed by atoms with E-state index in [4.69, 9.17) is 0 Å². The summed E-state index contributed by atoms with van der Waals surface area (Å²) in [6.07, 6.45) is 1.65. The summed E-state index contributed by atoms with van der Waals surface area (Å²) in [5.41, 5.74) is 1.55. The number of nitrogens with one attached hydrogen (secondary N) is 2. The van der Waals surface area contributed by atoms with Crippen molar-refractivity contribution in [3.8, 4) is 11.4 Å². The predicted molar refractivity (Wildman–Crippen MR) is 101 cm³/mol. The van der Waals surface area contributed by atoms with Crippen LogP contribution in [-0.4, -0.2) is 61.9 Å². The van der Waals surface area contributed by atoms with E-state index in [2.05, 4.69) is 30.5 Å². The zero-order valence-corrected chi connectivity index (χ0v) is 15.5. The van der Waals surface area contributed by atoms with E-state index in [1.165, 1.54) is 0 Å². The second-order valence-corrected chi connectivity index (χ2v) is 6.85. The molecule has 27 heavy (non-hydrogen) atoms. The molecule has 0 spiro atoms. The number of H-pyrrole nitrogens is 1. The second kappa shape index (κ2) is 7.32. The molecule has 0 unspecified atom stereocenters. The van der Waals surface area contributed by atoms with Gasteiger partial charge in [-0.2, -0.15) is 10.2 Å². The van der Waals surface area contributed by atoms with Gasteiger partial charge in [0.25, 0.3) is 5.91 Å². The van der Waals surface area contributed by atoms with Crippen LogP contribution in [0.25, 0.3) is 11.4 Å². The average Bonchev–Trinajstić information content (AvgIpc) is 3.41. The SMILES string of the molecule is CCn1nccc1C(=O)N[C@@H]1CN(C)C[C@H]1c1nc(-c2ccccc2)n[nH]1. The van der Waals surface area contributed by atoms with Gasteiger partial charge in [-0.05, 0) is 20.0 Å². The third kappa shape index (κ3) is 3.48. The molecule has 0 bridgehead atoms. The van der Waals surface area contributed by atoms with E-state index >= 15 is 0 Å². The zero-order valence-electron chi connectivity index (χ0n) is 15.5. The zero-order chi connectivity index (χ0) is 18.8. The number of aromatic nitrogens is 5. The van der Waals surface area contributed by atoms with Crippen LogP contribution in [-0.2, 0) is 6.54 Å². The lowest BCUT2D eigenvalue weighted by atomic mass is 10.0. The maximum absolute atomic E-state index is 12.7. The summed E-state index contributed by atoms with van der Waals surface area (Å²) in [6.45, 7) is 4.20. The van der Waals surface area contributed by atoms with Crippen molar-refractivity contribution in [1.82, 2.24) is 35.2 Å². The molecule has 140 valence electrons. The summed E-state index contributed by atoms with van der Waals surface area (Å²) in [5.74, 6) is 1.42. The van der Waals surface area contributed by atoms with Crippen LogP contribution in [0, 0.1) is 0 Å². The molecular formula is C19H23N7O. The van der Waals surface area contributed by atoms with Gasteiger partial charge in [0.15, 0.2) is 5.82 Å². The first-order valence-corrected chi connectivity index (χ1v) is 9.14. The molecule has 4 rings (SSSR count). The molecule has 1 saturated heterocycles. The van der Waals surface area contributed by atoms with Crippen LogP contribution in [0.2, 0.25) is 0 Å². The third-order valence-electron chi connectivity index (χ3n) is 4.95. The van der Waals surface area contributed by atoms with Crippen LogP contribution < -0.4 is 5.32 Å². The quantitative estimate of drug-likeness (QED) is 0.715. The molecule has 1 aromatic carbocycles. The highest BCUT2D eigenvalue weighted by Crippen LogP contribution is 2.26. The van der Waals surface area contributed by atoms with E-state index in [-0.39, 0.29) is 17.9 Å². The molecule has 2 atom stereocenters. The predicted octanol–water partition coefficient (Wildman–Crippen LogP) is 1.52. The fraction of sp³-hybridized carbons (Fsp3) is 0.368. The van der Waals surface area contributed by atoms with Crippen molar-refractivity contribution >= 4 is 5.91 Å². The Hall–Kier alpha value is -3.00. The van der Waals surface area contributed by atoms with Gasteiger partial charge in [0, 0.05) is 31.4 Å². The van der Waals surface area contributed by atoms with Crippen LogP contribution in [0.1, 0.15) is 29.2 Å². The van der Waals surface area contributed by atoms with Crippen LogP contribution in [0.15, 0.2) is 42.6 Å². The molecule has 0 aliphatic carbocycles. The number of aryl methyl sites for hydroxylation is 1. The first-order valence-electron chi connectivity index (χ1n) is 9.14. The number of carbonyl (C=O) groups is 1. The number of carbonyl (C=O) groups excluding carboxylic acids is 1. The van der Waals surface area contributed by atoms with Gasteiger partial charge in [0.2, 0.25) is 0 Å². The monoisotopic (exact) mass is 365 g/mol. The number of aromatic amines is 1. The van der Waals surface area contributed by atoms with Gasteiger partial charge in [0.1, 0.15) is 11.5 Å². The van der Waals surface area contributed by atoms with E-state index in [0.29, 0.717) is 18.1 Å². The molecule has 8 nitrogen and oxygen atoms in total. The molecule has 3 heterocycles. The van der Waals surface area contributed by atoms with Gasteiger partial charge in [-0.3, -0.25) is 14.6 Å². The van der Waals surface area contributed by atoms with E-state index in [1.54, 1.807) is 16.9 Å². The minimum atomic E-state index is -0.109. The van der Waals surface area contributed by atoms with Crippen molar-refractivity contribution < 1.29 is 4.79 Å². The Bertz CT molecular complexity index is 917. The van der Waals surface area contributed by atoms with Gasteiger partial charge >= 0.3 is 0 Å². The highest BCUT2D eigenvalue weighted by molar-refractivity contribution is 5.92. The van der Waals surface area contributed by atoms with Gasteiger partial charge in [0.05, 0.1) is 12.0 Å². The summed E-state index contributed by atoms with van der Waals surface area (Å²) < 4.78 is 1.70. The molecule has 1 amide bonds. The molecule has 0 radical (unpaired) electrons. The fourth-order valence-corrected chi connectivity index (χ4v) is 3.60. The Labute approximate surface area is 157 Å². The molecule has 1 fully saturated rings. The lowest BCUT2D eigenvalue weighted by Crippen LogP contribution is -2.40. The summed E-state index contributed by atoms with van der Waals surface area (Å²) >= 11 is 0. The Morgan fingerprint density at radius 3 is 2.85 bits per heavy atom. The van der Waals surface area contributed by atoms with Crippen molar-refractivity contribution in [1.29, 1.82) is 0 Å². The van der Waals surface area contributed by atoms with Crippen LogP contribution >= 0.6 is 0 Å². The molecule has 3 aromatic rings. The van der Waals surface area contributed by atoms with Gasteiger partial charge in [-0.1, -0.05) is 30.3 Å². The number of hydrogen-bond donors (Lipinski definition) is 2. The third-order valence-corrected chi connectivity index (χ3v) is 4.95. The Morgan fingerprint density at radius 2 is 2.07 bits per heavy atom. The average molecular weight is 365 g/mol. The van der Waals surface area contributed by atoms with Crippen LogP contribution in [0.4, 0.5) is 0 Å². The van der Waals surface area contributed by atoms with E-state index < -0.39 is 0 Å². The largest absolute Gasteiger partial charge is 0.346 e. The Morgan fingerprint density at radius 1 is 1.26 bits per heavy atom. The smallest absolute Gasteiger partial charge is 0.269 e. The molecule has 2 aromatic heterocycles. The molecule has 1 aliphatic heterocycles. The maximum atomic E-state index is 12.7. The summed E-state index contributed by atoms with van der Waals surface area (Å²) in [5, 5.41) is 14.8. The second-order valence-electron chi connectivity index (χ2n) is 6.85. The normalized spacial score (nSPS) is 20.1. The minimum Gasteiger partial charge on any atom is -0.346 e. The van der Waals surface area contributed by atoms with Crippen LogP contribution in [0.3, 0.4) is 0 Å². The minimum absolute atomic E-state index is 0.0423. The molecule has 0 saturated carbocycles. The van der Waals surface area contributed by atoms with E-state index in [1.807, 2.05) is 44.3 Å². The number of hydrogen-bond acceptors (Lipinski definition) is 5. The van der Waals surface area contributed by atoms with Crippen molar-refractivity contribution in [3.05, 3.63) is 54.1 Å². The number of likely N-dealkylation sites (tertiary alicyclic amines) is 1. The van der Waals surface area contributed by atoms with Crippen molar-refractivity contribution in [2.45, 2.75) is 25.4 Å². The van der Waals surface area contributed by atoms with E-state index in [0.717, 1.165) is 24.5 Å².